The minimum Gasteiger partial charge on any atom is -0.481 e. The van der Waals surface area contributed by atoms with Gasteiger partial charge in [-0.15, -0.1) is 0 Å². The summed E-state index contributed by atoms with van der Waals surface area (Å²) < 4.78 is 39.3. The van der Waals surface area contributed by atoms with E-state index in [1.807, 2.05) is 0 Å². The van der Waals surface area contributed by atoms with Crippen molar-refractivity contribution < 1.29 is 56.9 Å². The third kappa shape index (κ3) is 8.04. The van der Waals surface area contributed by atoms with Crippen molar-refractivity contribution in [2.24, 2.45) is 11.8 Å². The summed E-state index contributed by atoms with van der Waals surface area (Å²) in [6, 6.07) is 2.91. The first-order chi connectivity index (χ1) is 28.8. The highest BCUT2D eigenvalue weighted by molar-refractivity contribution is 7.87. The molecule has 0 unspecified atom stereocenters. The van der Waals surface area contributed by atoms with Gasteiger partial charge >= 0.3 is 28.2 Å². The summed E-state index contributed by atoms with van der Waals surface area (Å²) >= 11 is 0. The van der Waals surface area contributed by atoms with Crippen molar-refractivity contribution in [3.05, 3.63) is 56.4 Å². The van der Waals surface area contributed by atoms with E-state index < -0.39 is 82.1 Å². The number of pyridine rings is 2. The maximum Gasteiger partial charge on any atom is 0.422 e. The molecule has 4 aliphatic rings. The van der Waals surface area contributed by atoms with Crippen molar-refractivity contribution in [1.29, 1.82) is 0 Å². The number of hydrogen-bond acceptors (Lipinski definition) is 13. The molecule has 4 amide bonds. The lowest BCUT2D eigenvalue weighted by Crippen LogP contribution is -2.54. The number of carboxylic acid groups (broad SMARTS) is 1. The van der Waals surface area contributed by atoms with Crippen LogP contribution in [-0.2, 0) is 75.3 Å². The highest BCUT2D eigenvalue weighted by Crippen LogP contribution is 2.43. The summed E-state index contributed by atoms with van der Waals surface area (Å²) in [4.78, 5) is 94.4. The number of aliphatic carboxylic acids is 1. The van der Waals surface area contributed by atoms with Crippen LogP contribution in [0.3, 0.4) is 0 Å². The maximum absolute atomic E-state index is 13.8. The molecule has 1 saturated heterocycles. The SMILES string of the molecule is CC[C@@]1(O)C(=O)OCc2c1cc1n(c2=O)Cc2c-1nc1ccc(NC(=O)[C@H](C)NC(=O)[C@@H](NC(=O)COC(=O)NS(=O)(=O)N3CCC(C(=O)O)CC3)C(C)C)c3c1c2CCC3. The van der Waals surface area contributed by atoms with Gasteiger partial charge in [0.25, 0.3) is 11.5 Å². The lowest BCUT2D eigenvalue weighted by molar-refractivity contribution is -0.172. The van der Waals surface area contributed by atoms with Gasteiger partial charge in [0.05, 0.1) is 34.9 Å². The summed E-state index contributed by atoms with van der Waals surface area (Å²) in [6.45, 7) is 5.24. The van der Waals surface area contributed by atoms with Crippen molar-refractivity contribution in [2.75, 3.05) is 25.0 Å². The van der Waals surface area contributed by atoms with Crippen LogP contribution in [0.25, 0.3) is 22.3 Å². The fourth-order valence-electron chi connectivity index (χ4n) is 8.47. The van der Waals surface area contributed by atoms with E-state index in [-0.39, 0.29) is 62.2 Å². The fourth-order valence-corrected chi connectivity index (χ4v) is 9.56. The quantitative estimate of drug-likeness (QED) is 0.108. The number of aliphatic hydroxyl groups is 1. The van der Waals surface area contributed by atoms with Gasteiger partial charge in [0, 0.05) is 35.3 Å². The molecule has 6 N–H and O–H groups in total. The fraction of sp³-hybridized carbons (Fsp3) is 0.500. The minimum absolute atomic E-state index is 0.0238. The number of aryl methyl sites for hydroxylation is 2. The predicted octanol–water partition coefficient (Wildman–Crippen LogP) is 0.920. The van der Waals surface area contributed by atoms with E-state index in [0.29, 0.717) is 35.4 Å². The number of aromatic nitrogens is 2. The number of carboxylic acids is 1. The van der Waals surface area contributed by atoms with E-state index in [4.69, 9.17) is 19.6 Å². The van der Waals surface area contributed by atoms with E-state index in [9.17, 15) is 47.1 Å². The average molecular weight is 866 g/mol. The number of fused-ring (bicyclic) bond motifs is 5. The molecular weight excluding hydrogens is 819 g/mol. The molecule has 2 aromatic heterocycles. The molecule has 1 aromatic carbocycles. The molecule has 3 aliphatic heterocycles. The van der Waals surface area contributed by atoms with E-state index in [2.05, 4.69) is 16.0 Å². The molecule has 20 nitrogen and oxygen atoms in total. The summed E-state index contributed by atoms with van der Waals surface area (Å²) in [7, 11) is -4.36. The van der Waals surface area contributed by atoms with Gasteiger partial charge in [-0.1, -0.05) is 20.8 Å². The van der Waals surface area contributed by atoms with Crippen LogP contribution >= 0.6 is 0 Å². The van der Waals surface area contributed by atoms with Crippen LogP contribution in [-0.4, -0.2) is 100 Å². The van der Waals surface area contributed by atoms with Gasteiger partial charge in [0.2, 0.25) is 11.8 Å². The van der Waals surface area contributed by atoms with Crippen molar-refractivity contribution in [3.8, 4) is 11.4 Å². The van der Waals surface area contributed by atoms with E-state index in [1.165, 1.54) is 6.92 Å². The molecule has 0 bridgehead atoms. The number of nitrogens with one attached hydrogen (secondary N) is 4. The molecular formula is C40H47N7O13S. The second kappa shape index (κ2) is 16.5. The molecule has 61 heavy (non-hydrogen) atoms. The van der Waals surface area contributed by atoms with Gasteiger partial charge in [-0.3, -0.25) is 24.0 Å². The van der Waals surface area contributed by atoms with Gasteiger partial charge in [-0.2, -0.15) is 12.7 Å². The second-order valence-corrected chi connectivity index (χ2v) is 17.7. The third-order valence-electron chi connectivity index (χ3n) is 11.9. The first kappa shape index (κ1) is 43.2. The zero-order chi connectivity index (χ0) is 44.1. The van der Waals surface area contributed by atoms with Crippen LogP contribution in [0.4, 0.5) is 10.5 Å². The Kier molecular flexibility index (Phi) is 11.7. The Morgan fingerprint density at radius 2 is 1.70 bits per heavy atom. The highest BCUT2D eigenvalue weighted by Gasteiger charge is 2.46. The summed E-state index contributed by atoms with van der Waals surface area (Å²) in [5, 5.41) is 29.2. The number of carbonyl (C=O) groups excluding carboxylic acids is 5. The topological polar surface area (TPSA) is 282 Å². The minimum atomic E-state index is -4.36. The normalized spacial score (nSPS) is 19.5. The monoisotopic (exact) mass is 865 g/mol. The van der Waals surface area contributed by atoms with Crippen molar-refractivity contribution in [3.63, 3.8) is 0 Å². The van der Waals surface area contributed by atoms with Gasteiger partial charge in [-0.25, -0.2) is 19.3 Å². The van der Waals surface area contributed by atoms with Crippen LogP contribution in [0, 0.1) is 11.8 Å². The number of benzene rings is 1. The number of esters is 1. The van der Waals surface area contributed by atoms with Gasteiger partial charge in [-0.05, 0) is 80.7 Å². The zero-order valence-electron chi connectivity index (χ0n) is 34.0. The Balaban J connectivity index is 0.995. The maximum atomic E-state index is 13.8. The molecule has 326 valence electrons. The number of anilines is 1. The van der Waals surface area contributed by atoms with E-state index in [0.717, 1.165) is 32.8 Å². The molecule has 3 aromatic rings. The van der Waals surface area contributed by atoms with Crippen molar-refractivity contribution in [1.82, 2.24) is 29.2 Å². The number of ether oxygens (including phenoxy) is 2. The van der Waals surface area contributed by atoms with Crippen LogP contribution < -0.4 is 26.2 Å². The van der Waals surface area contributed by atoms with Crippen molar-refractivity contribution >= 4 is 62.6 Å². The molecule has 3 atom stereocenters. The first-order valence-corrected chi connectivity index (χ1v) is 21.5. The Labute approximate surface area is 349 Å². The molecule has 7 rings (SSSR count). The van der Waals surface area contributed by atoms with Gasteiger partial charge in [0.15, 0.2) is 12.2 Å². The van der Waals surface area contributed by atoms with Gasteiger partial charge in [0.1, 0.15) is 18.7 Å². The second-order valence-electron chi connectivity index (χ2n) is 16.1. The summed E-state index contributed by atoms with van der Waals surface area (Å²) in [5.41, 5.74) is 3.05. The Morgan fingerprint density at radius 3 is 2.38 bits per heavy atom. The largest absolute Gasteiger partial charge is 0.481 e. The standard InChI is InChI=1S/C40H47N7O13S/c1-5-40(56)26-15-29-33-24(16-47(29)36(51)25(26)17-59-38(40)54)22-7-6-8-23-27(9-10-28(42-33)31(22)23)43-34(49)20(4)41-35(50)32(19(2)3)44-30(48)18-60-39(55)45-61(57,58)46-13-11-21(12-14-46)37(52)53/h9-10,15,19-21,32,56H,5-8,11-14,16-18H2,1-4H3,(H,41,50)(H,43,49)(H,44,48)(H,45,55)(H,52,53)/t20-,32-,40-/m0/s1. The molecule has 1 fully saturated rings. The Morgan fingerprint density at radius 1 is 1.00 bits per heavy atom. The van der Waals surface area contributed by atoms with Crippen molar-refractivity contribution in [2.45, 2.75) is 97.1 Å². The number of carbonyl (C=O) groups is 6. The van der Waals surface area contributed by atoms with Gasteiger partial charge < -0.3 is 40.2 Å². The number of rotatable bonds is 12. The zero-order valence-corrected chi connectivity index (χ0v) is 34.8. The number of piperidine rings is 1. The highest BCUT2D eigenvalue weighted by atomic mass is 32.2. The van der Waals surface area contributed by atoms with Crippen LogP contribution in [0.1, 0.15) is 81.2 Å². The third-order valence-corrected chi connectivity index (χ3v) is 13.4. The molecule has 5 heterocycles. The molecule has 0 radical (unpaired) electrons. The Bertz CT molecular complexity index is 2550. The lowest BCUT2D eigenvalue weighted by Gasteiger charge is -2.31. The summed E-state index contributed by atoms with van der Waals surface area (Å²) in [5.74, 6) is -5.17. The first-order valence-electron chi connectivity index (χ1n) is 20.1. The lowest BCUT2D eigenvalue weighted by atomic mass is 9.85. The molecule has 0 spiro atoms. The summed E-state index contributed by atoms with van der Waals surface area (Å²) in [6.07, 6.45) is 0.758. The number of hydrogen-bond donors (Lipinski definition) is 6. The van der Waals surface area contributed by atoms with Crippen LogP contribution in [0.5, 0.6) is 0 Å². The molecule has 21 heteroatoms. The number of nitrogens with zero attached hydrogens (tertiary/aromatic N) is 3. The van der Waals surface area contributed by atoms with E-state index in [1.54, 1.807) is 48.3 Å². The average Bonchev–Trinajstić information content (AvgIpc) is 3.60. The number of amides is 4. The smallest absolute Gasteiger partial charge is 0.422 e. The Hall–Kier alpha value is -5.93. The molecule has 0 saturated carbocycles. The predicted molar refractivity (Wildman–Crippen MR) is 215 cm³/mol. The molecule has 1 aliphatic carbocycles. The van der Waals surface area contributed by atoms with Crippen LogP contribution in [0.15, 0.2) is 23.0 Å². The number of cyclic esters (lactones) is 1. The van der Waals surface area contributed by atoms with Crippen LogP contribution in [0.2, 0.25) is 0 Å². The van der Waals surface area contributed by atoms with E-state index >= 15 is 0 Å².